The van der Waals surface area contributed by atoms with E-state index < -0.39 is 11.4 Å². The Hall–Kier alpha value is -1.06. The summed E-state index contributed by atoms with van der Waals surface area (Å²) in [5.41, 5.74) is -0.872. The van der Waals surface area contributed by atoms with Gasteiger partial charge in [-0.2, -0.15) is 0 Å². The Kier molecular flexibility index (Phi) is 5.63. The first-order chi connectivity index (χ1) is 8.55. The highest BCUT2D eigenvalue weighted by Crippen LogP contribution is 2.32. The number of carbonyl (C=O) groups excluding carboxylic acids is 1. The van der Waals surface area contributed by atoms with Gasteiger partial charge in [0.25, 0.3) is 0 Å². The Bertz CT molecular complexity index is 289. The van der Waals surface area contributed by atoms with Gasteiger partial charge >= 0.3 is 5.97 Å². The molecule has 1 fully saturated rings. The van der Waals surface area contributed by atoms with E-state index in [9.17, 15) is 14.7 Å². The van der Waals surface area contributed by atoms with Crippen molar-refractivity contribution in [2.45, 2.75) is 58.8 Å². The van der Waals surface area contributed by atoms with Gasteiger partial charge in [-0.15, -0.1) is 0 Å². The van der Waals surface area contributed by atoms with Gasteiger partial charge in [0.1, 0.15) is 0 Å². The lowest BCUT2D eigenvalue weighted by Gasteiger charge is -2.29. The van der Waals surface area contributed by atoms with E-state index in [0.29, 0.717) is 12.8 Å². The molecule has 4 heteroatoms. The van der Waals surface area contributed by atoms with Crippen molar-refractivity contribution >= 4 is 11.9 Å². The fraction of sp³-hybridized carbons (Fsp3) is 0.857. The van der Waals surface area contributed by atoms with Crippen LogP contribution in [0, 0.1) is 5.41 Å². The molecule has 0 aromatic carbocycles. The molecule has 0 unspecified atom stereocenters. The Morgan fingerprint density at radius 3 is 1.94 bits per heavy atom. The molecule has 0 aromatic heterocycles. The number of nitrogens with zero attached hydrogens (tertiary/aromatic N) is 1. The van der Waals surface area contributed by atoms with Crippen molar-refractivity contribution in [3.63, 3.8) is 0 Å². The standard InChI is InChI=1S/C14H25NO3/c1-3-14(4-2,13(17)18)11-12(16)15-9-7-5-6-8-10-15/h3-11H2,1-2H3,(H,17,18). The summed E-state index contributed by atoms with van der Waals surface area (Å²) < 4.78 is 0. The van der Waals surface area contributed by atoms with Crippen molar-refractivity contribution in [1.29, 1.82) is 0 Å². The highest BCUT2D eigenvalue weighted by molar-refractivity contribution is 5.85. The van der Waals surface area contributed by atoms with Crippen molar-refractivity contribution in [3.05, 3.63) is 0 Å². The minimum absolute atomic E-state index is 0.0167. The first-order valence-electron chi connectivity index (χ1n) is 7.07. The lowest BCUT2D eigenvalue weighted by atomic mass is 9.79. The Labute approximate surface area is 109 Å². The van der Waals surface area contributed by atoms with E-state index in [-0.39, 0.29) is 12.3 Å². The van der Waals surface area contributed by atoms with Crippen LogP contribution in [0.4, 0.5) is 0 Å². The minimum Gasteiger partial charge on any atom is -0.481 e. The molecule has 1 saturated heterocycles. The largest absolute Gasteiger partial charge is 0.481 e. The molecule has 0 atom stereocenters. The molecule has 0 saturated carbocycles. The Morgan fingerprint density at radius 1 is 1.06 bits per heavy atom. The second-order valence-electron chi connectivity index (χ2n) is 5.26. The third-order valence-corrected chi connectivity index (χ3v) is 4.26. The van der Waals surface area contributed by atoms with Crippen molar-refractivity contribution in [2.75, 3.05) is 13.1 Å². The molecule has 1 amide bonds. The van der Waals surface area contributed by atoms with Crippen LogP contribution in [0.15, 0.2) is 0 Å². The number of aliphatic carboxylic acids is 1. The van der Waals surface area contributed by atoms with Crippen molar-refractivity contribution in [3.8, 4) is 0 Å². The van der Waals surface area contributed by atoms with Crippen LogP contribution in [-0.2, 0) is 9.59 Å². The number of amides is 1. The van der Waals surface area contributed by atoms with Gasteiger partial charge in [0.2, 0.25) is 5.91 Å². The number of carbonyl (C=O) groups is 2. The summed E-state index contributed by atoms with van der Waals surface area (Å²) in [6.45, 7) is 5.30. The maximum absolute atomic E-state index is 12.3. The molecular weight excluding hydrogens is 230 g/mol. The first kappa shape index (κ1) is 15.0. The van der Waals surface area contributed by atoms with Gasteiger partial charge in [0, 0.05) is 19.5 Å². The zero-order valence-electron chi connectivity index (χ0n) is 11.6. The highest BCUT2D eigenvalue weighted by Gasteiger charge is 2.38. The quantitative estimate of drug-likeness (QED) is 0.821. The zero-order valence-corrected chi connectivity index (χ0v) is 11.6. The molecular formula is C14H25NO3. The van der Waals surface area contributed by atoms with Gasteiger partial charge in [-0.05, 0) is 25.7 Å². The van der Waals surface area contributed by atoms with Gasteiger partial charge in [0.05, 0.1) is 5.41 Å². The molecule has 1 aliphatic rings. The topological polar surface area (TPSA) is 57.6 Å². The van der Waals surface area contributed by atoms with Gasteiger partial charge in [-0.3, -0.25) is 9.59 Å². The minimum atomic E-state index is -0.872. The van der Waals surface area contributed by atoms with Crippen LogP contribution in [0.25, 0.3) is 0 Å². The van der Waals surface area contributed by atoms with E-state index >= 15 is 0 Å². The molecule has 0 aromatic rings. The molecule has 0 bridgehead atoms. The van der Waals surface area contributed by atoms with Gasteiger partial charge in [-0.25, -0.2) is 0 Å². The van der Waals surface area contributed by atoms with Gasteiger partial charge in [0.15, 0.2) is 0 Å². The fourth-order valence-electron chi connectivity index (χ4n) is 2.60. The average molecular weight is 255 g/mol. The summed E-state index contributed by atoms with van der Waals surface area (Å²) in [5, 5.41) is 9.36. The van der Waals surface area contributed by atoms with E-state index in [1.165, 1.54) is 12.8 Å². The van der Waals surface area contributed by atoms with Gasteiger partial charge in [-0.1, -0.05) is 26.7 Å². The molecule has 1 rings (SSSR count). The SMILES string of the molecule is CCC(CC)(CC(=O)N1CCCCCC1)C(=O)O. The highest BCUT2D eigenvalue weighted by atomic mass is 16.4. The lowest BCUT2D eigenvalue weighted by Crippen LogP contribution is -2.39. The predicted molar refractivity (Wildman–Crippen MR) is 70.3 cm³/mol. The molecule has 0 spiro atoms. The maximum Gasteiger partial charge on any atom is 0.310 e. The normalized spacial score (nSPS) is 17.3. The molecule has 0 radical (unpaired) electrons. The molecule has 1 aliphatic heterocycles. The van der Waals surface area contributed by atoms with Crippen LogP contribution in [-0.4, -0.2) is 35.0 Å². The molecule has 1 heterocycles. The summed E-state index contributed by atoms with van der Waals surface area (Å²) in [5.74, 6) is -0.821. The summed E-state index contributed by atoms with van der Waals surface area (Å²) in [6.07, 6.45) is 5.62. The summed E-state index contributed by atoms with van der Waals surface area (Å²) in [4.78, 5) is 25.5. The first-order valence-corrected chi connectivity index (χ1v) is 7.07. The monoisotopic (exact) mass is 255 g/mol. The van der Waals surface area contributed by atoms with E-state index in [1.807, 2.05) is 18.7 Å². The fourth-order valence-corrected chi connectivity index (χ4v) is 2.60. The Balaban J connectivity index is 2.68. The number of carboxylic acids is 1. The van der Waals surface area contributed by atoms with Crippen LogP contribution in [0.1, 0.15) is 58.8 Å². The van der Waals surface area contributed by atoms with Crippen LogP contribution >= 0.6 is 0 Å². The average Bonchev–Trinajstić information content (AvgIpc) is 2.64. The third-order valence-electron chi connectivity index (χ3n) is 4.26. The number of carboxylic acid groups (broad SMARTS) is 1. The van der Waals surface area contributed by atoms with Crippen molar-refractivity contribution < 1.29 is 14.7 Å². The number of likely N-dealkylation sites (tertiary alicyclic amines) is 1. The van der Waals surface area contributed by atoms with Crippen LogP contribution in [0.5, 0.6) is 0 Å². The molecule has 104 valence electrons. The second kappa shape index (κ2) is 6.76. The van der Waals surface area contributed by atoms with Crippen LogP contribution < -0.4 is 0 Å². The summed E-state index contributed by atoms with van der Waals surface area (Å²) in [7, 11) is 0. The molecule has 0 aliphatic carbocycles. The maximum atomic E-state index is 12.3. The van der Waals surface area contributed by atoms with E-state index in [0.717, 1.165) is 25.9 Å². The summed E-state index contributed by atoms with van der Waals surface area (Å²) >= 11 is 0. The van der Waals surface area contributed by atoms with E-state index in [4.69, 9.17) is 0 Å². The zero-order chi connectivity index (χ0) is 13.6. The molecule has 4 nitrogen and oxygen atoms in total. The van der Waals surface area contributed by atoms with Crippen LogP contribution in [0.3, 0.4) is 0 Å². The van der Waals surface area contributed by atoms with Crippen molar-refractivity contribution in [1.82, 2.24) is 4.90 Å². The lowest BCUT2D eigenvalue weighted by molar-refractivity contribution is -0.154. The van der Waals surface area contributed by atoms with Gasteiger partial charge < -0.3 is 10.0 Å². The Morgan fingerprint density at radius 2 is 1.56 bits per heavy atom. The third kappa shape index (κ3) is 3.47. The number of hydrogen-bond donors (Lipinski definition) is 1. The predicted octanol–water partition coefficient (Wildman–Crippen LogP) is 2.67. The van der Waals surface area contributed by atoms with Crippen LogP contribution in [0.2, 0.25) is 0 Å². The second-order valence-corrected chi connectivity index (χ2v) is 5.26. The molecule has 1 N–H and O–H groups in total. The molecule has 18 heavy (non-hydrogen) atoms. The van der Waals surface area contributed by atoms with E-state index in [1.54, 1.807) is 0 Å². The van der Waals surface area contributed by atoms with Crippen molar-refractivity contribution in [2.24, 2.45) is 5.41 Å². The smallest absolute Gasteiger partial charge is 0.310 e. The summed E-state index contributed by atoms with van der Waals surface area (Å²) in [6, 6.07) is 0. The number of rotatable bonds is 5. The number of hydrogen-bond acceptors (Lipinski definition) is 2. The van der Waals surface area contributed by atoms with E-state index in [2.05, 4.69) is 0 Å².